The fraction of sp³-hybridized carbons (Fsp3) is 0.150. The summed E-state index contributed by atoms with van der Waals surface area (Å²) >= 11 is 1.57. The minimum Gasteiger partial charge on any atom is -0.351 e. The summed E-state index contributed by atoms with van der Waals surface area (Å²) in [5, 5.41) is 6.80. The van der Waals surface area contributed by atoms with Gasteiger partial charge in [-0.3, -0.25) is 9.59 Å². The van der Waals surface area contributed by atoms with Crippen LogP contribution in [0.15, 0.2) is 48.0 Å². The maximum absolute atomic E-state index is 12.7. The molecule has 6 nitrogen and oxygen atoms in total. The lowest BCUT2D eigenvalue weighted by Crippen LogP contribution is -2.22. The number of anilines is 1. The summed E-state index contributed by atoms with van der Waals surface area (Å²) in [7, 11) is 0. The fourth-order valence-electron chi connectivity index (χ4n) is 3.49. The first-order valence-electron chi connectivity index (χ1n) is 8.75. The Balaban J connectivity index is 1.49. The van der Waals surface area contributed by atoms with Crippen LogP contribution in [-0.2, 0) is 6.54 Å². The van der Waals surface area contributed by atoms with Gasteiger partial charge in [0.05, 0.1) is 15.7 Å². The number of rotatable bonds is 2. The molecule has 3 heterocycles. The van der Waals surface area contributed by atoms with Gasteiger partial charge in [-0.25, -0.2) is 4.98 Å². The number of aromatic nitrogens is 2. The number of carbonyl (C=O) groups excluding carboxylic acids is 2. The van der Waals surface area contributed by atoms with Gasteiger partial charge >= 0.3 is 0 Å². The first-order valence-corrected chi connectivity index (χ1v) is 9.63. The zero-order chi connectivity index (χ0) is 18.4. The van der Waals surface area contributed by atoms with Gasteiger partial charge in [0.2, 0.25) is 0 Å². The van der Waals surface area contributed by atoms with E-state index in [1.807, 2.05) is 41.0 Å². The molecule has 2 aromatic heterocycles. The topological polar surface area (TPSA) is 76.0 Å². The molecule has 0 fully saturated rings. The second-order valence-electron chi connectivity index (χ2n) is 6.55. The van der Waals surface area contributed by atoms with Crippen molar-refractivity contribution in [1.82, 2.24) is 14.9 Å². The largest absolute Gasteiger partial charge is 0.351 e. The van der Waals surface area contributed by atoms with E-state index in [1.54, 1.807) is 22.9 Å². The number of aryl methyl sites for hydroxylation is 1. The van der Waals surface area contributed by atoms with Crippen molar-refractivity contribution in [3.8, 4) is 0 Å². The van der Waals surface area contributed by atoms with E-state index >= 15 is 0 Å². The van der Waals surface area contributed by atoms with Gasteiger partial charge in [-0.05, 0) is 42.8 Å². The highest BCUT2D eigenvalue weighted by atomic mass is 32.1. The van der Waals surface area contributed by atoms with Gasteiger partial charge in [-0.15, -0.1) is 11.3 Å². The molecular formula is C20H16N4O2S. The number of hydrogen-bond donors (Lipinski definition) is 2. The molecule has 0 saturated heterocycles. The highest BCUT2D eigenvalue weighted by Crippen LogP contribution is 2.25. The SMILES string of the molecule is O=C(Nc1ccc2scnc2c1)c1ccc2cc3n(c2c1)CCCNC3=O. The smallest absolute Gasteiger partial charge is 0.267 e. The van der Waals surface area contributed by atoms with E-state index in [0.29, 0.717) is 23.5 Å². The number of fused-ring (bicyclic) bond motifs is 4. The third-order valence-corrected chi connectivity index (χ3v) is 5.64. The Bertz CT molecular complexity index is 1210. The van der Waals surface area contributed by atoms with E-state index < -0.39 is 0 Å². The first-order chi connectivity index (χ1) is 13.2. The lowest BCUT2D eigenvalue weighted by Gasteiger charge is -2.08. The maximum atomic E-state index is 12.7. The van der Waals surface area contributed by atoms with Crippen molar-refractivity contribution in [3.05, 3.63) is 59.2 Å². The molecule has 5 rings (SSSR count). The minimum absolute atomic E-state index is 0.0636. The lowest BCUT2D eigenvalue weighted by atomic mass is 10.1. The summed E-state index contributed by atoms with van der Waals surface area (Å²) in [6.07, 6.45) is 0.868. The van der Waals surface area contributed by atoms with Crippen LogP contribution in [0.2, 0.25) is 0 Å². The molecule has 1 aliphatic rings. The average Bonchev–Trinajstić information content (AvgIpc) is 3.24. The highest BCUT2D eigenvalue weighted by molar-refractivity contribution is 7.16. The van der Waals surface area contributed by atoms with Crippen molar-refractivity contribution < 1.29 is 9.59 Å². The van der Waals surface area contributed by atoms with Crippen molar-refractivity contribution in [1.29, 1.82) is 0 Å². The molecule has 27 heavy (non-hydrogen) atoms. The standard InChI is InChI=1S/C20H16N4O2S/c25-19(23-14-4-5-18-15(10-14)22-11-27-18)13-3-2-12-8-17-20(26)21-6-1-7-24(17)16(12)9-13/h2-5,8-11H,1,6-7H2,(H,21,26)(H,23,25). The zero-order valence-electron chi connectivity index (χ0n) is 14.4. The Labute approximate surface area is 158 Å². The number of hydrogen-bond acceptors (Lipinski definition) is 4. The third-order valence-electron chi connectivity index (χ3n) is 4.83. The number of carbonyl (C=O) groups is 2. The van der Waals surface area contributed by atoms with Crippen LogP contribution < -0.4 is 10.6 Å². The van der Waals surface area contributed by atoms with E-state index in [1.165, 1.54) is 0 Å². The first kappa shape index (κ1) is 16.0. The summed E-state index contributed by atoms with van der Waals surface area (Å²) < 4.78 is 3.08. The van der Waals surface area contributed by atoms with Crippen molar-refractivity contribution in [3.63, 3.8) is 0 Å². The molecule has 1 aliphatic heterocycles. The number of nitrogens with zero attached hydrogens (tertiary/aromatic N) is 2. The fourth-order valence-corrected chi connectivity index (χ4v) is 4.15. The third kappa shape index (κ3) is 2.76. The predicted octanol–water partition coefficient (Wildman–Crippen LogP) is 3.64. The van der Waals surface area contributed by atoms with E-state index in [0.717, 1.165) is 34.1 Å². The van der Waals surface area contributed by atoms with Crippen molar-refractivity contribution in [2.75, 3.05) is 11.9 Å². The van der Waals surface area contributed by atoms with Crippen molar-refractivity contribution in [2.24, 2.45) is 0 Å². The van der Waals surface area contributed by atoms with Crippen LogP contribution in [0.4, 0.5) is 5.69 Å². The number of amides is 2. The summed E-state index contributed by atoms with van der Waals surface area (Å²) in [4.78, 5) is 29.2. The number of benzene rings is 2. The number of thiazole rings is 1. The Morgan fingerprint density at radius 1 is 1.19 bits per heavy atom. The molecule has 2 N–H and O–H groups in total. The van der Waals surface area contributed by atoms with Crippen molar-refractivity contribution in [2.45, 2.75) is 13.0 Å². The van der Waals surface area contributed by atoms with Gasteiger partial charge < -0.3 is 15.2 Å². The Morgan fingerprint density at radius 3 is 3.04 bits per heavy atom. The van der Waals surface area contributed by atoms with E-state index in [-0.39, 0.29) is 11.8 Å². The summed E-state index contributed by atoms with van der Waals surface area (Å²) in [6.45, 7) is 1.42. The molecular weight excluding hydrogens is 360 g/mol. The van der Waals surface area contributed by atoms with E-state index in [2.05, 4.69) is 15.6 Å². The molecule has 0 atom stereocenters. The average molecular weight is 376 g/mol. The molecule has 7 heteroatoms. The lowest BCUT2D eigenvalue weighted by molar-refractivity contribution is 0.0950. The van der Waals surface area contributed by atoms with Gasteiger partial charge in [0.25, 0.3) is 11.8 Å². The second-order valence-corrected chi connectivity index (χ2v) is 7.44. The van der Waals surface area contributed by atoms with Gasteiger partial charge in [0.1, 0.15) is 5.69 Å². The van der Waals surface area contributed by atoms with Crippen molar-refractivity contribution >= 4 is 50.0 Å². The van der Waals surface area contributed by atoms with Gasteiger partial charge in [0.15, 0.2) is 0 Å². The Morgan fingerprint density at radius 2 is 2.11 bits per heavy atom. The van der Waals surface area contributed by atoms with Crippen LogP contribution >= 0.6 is 11.3 Å². The van der Waals surface area contributed by atoms with E-state index in [4.69, 9.17) is 0 Å². The maximum Gasteiger partial charge on any atom is 0.267 e. The van der Waals surface area contributed by atoms with Crippen LogP contribution in [0.1, 0.15) is 27.3 Å². The highest BCUT2D eigenvalue weighted by Gasteiger charge is 2.19. The van der Waals surface area contributed by atoms with Crippen LogP contribution in [0.5, 0.6) is 0 Å². The molecule has 0 spiro atoms. The van der Waals surface area contributed by atoms with Gasteiger partial charge in [-0.1, -0.05) is 6.07 Å². The molecule has 2 amide bonds. The quantitative estimate of drug-likeness (QED) is 0.561. The van der Waals surface area contributed by atoms with Gasteiger partial charge in [0, 0.05) is 35.2 Å². The molecule has 0 unspecified atom stereocenters. The number of nitrogens with one attached hydrogen (secondary N) is 2. The Hall–Kier alpha value is -3.19. The van der Waals surface area contributed by atoms with Crippen LogP contribution in [0, 0.1) is 0 Å². The normalized spacial score (nSPS) is 14.0. The summed E-state index contributed by atoms with van der Waals surface area (Å²) in [5.74, 6) is -0.244. The minimum atomic E-state index is -0.180. The van der Waals surface area contributed by atoms with E-state index in [9.17, 15) is 9.59 Å². The van der Waals surface area contributed by atoms with Crippen LogP contribution in [-0.4, -0.2) is 27.9 Å². The zero-order valence-corrected chi connectivity index (χ0v) is 15.2. The summed E-state index contributed by atoms with van der Waals surface area (Å²) in [5.41, 5.74) is 5.49. The summed E-state index contributed by atoms with van der Waals surface area (Å²) in [6, 6.07) is 13.1. The molecule has 0 aliphatic carbocycles. The Kier molecular flexibility index (Phi) is 3.68. The molecule has 2 aromatic carbocycles. The van der Waals surface area contributed by atoms with Crippen LogP contribution in [0.3, 0.4) is 0 Å². The predicted molar refractivity (Wildman–Crippen MR) is 106 cm³/mol. The molecule has 0 bridgehead atoms. The molecule has 0 saturated carbocycles. The molecule has 4 aromatic rings. The molecule has 134 valence electrons. The second kappa shape index (κ2) is 6.21. The van der Waals surface area contributed by atoms with Crippen LogP contribution in [0.25, 0.3) is 21.1 Å². The van der Waals surface area contributed by atoms with Gasteiger partial charge in [-0.2, -0.15) is 0 Å². The monoisotopic (exact) mass is 376 g/mol. The molecule has 0 radical (unpaired) electrons.